The van der Waals surface area contributed by atoms with Gasteiger partial charge in [0.25, 0.3) is 0 Å². The SMILES string of the molecule is Cc1cccc(CN(C(=O)CSCc2ccc(Br)cc2)[C@@H](Cc2ccccc2)C(=O)NC(C)(C)C)c1. The van der Waals surface area contributed by atoms with Crippen molar-refractivity contribution in [1.82, 2.24) is 10.2 Å². The maximum Gasteiger partial charge on any atom is 0.243 e. The molecule has 0 unspecified atom stereocenters. The van der Waals surface area contributed by atoms with Gasteiger partial charge < -0.3 is 10.2 Å². The summed E-state index contributed by atoms with van der Waals surface area (Å²) in [6.45, 7) is 8.31. The Balaban J connectivity index is 1.86. The molecule has 190 valence electrons. The quantitative estimate of drug-likeness (QED) is 0.303. The molecule has 0 saturated carbocycles. The normalized spacial score (nSPS) is 12.1. The molecule has 0 aromatic heterocycles. The van der Waals surface area contributed by atoms with Crippen LogP contribution in [0, 0.1) is 6.92 Å². The number of benzene rings is 3. The first kappa shape index (κ1) is 28.0. The van der Waals surface area contributed by atoms with Gasteiger partial charge in [0, 0.05) is 28.7 Å². The van der Waals surface area contributed by atoms with Crippen LogP contribution < -0.4 is 5.32 Å². The molecule has 3 aromatic rings. The van der Waals surface area contributed by atoms with Crippen molar-refractivity contribution in [3.63, 3.8) is 0 Å². The van der Waals surface area contributed by atoms with E-state index in [1.54, 1.807) is 16.7 Å². The Labute approximate surface area is 228 Å². The Morgan fingerprint density at radius 3 is 2.22 bits per heavy atom. The molecule has 2 amide bonds. The molecule has 0 radical (unpaired) electrons. The van der Waals surface area contributed by atoms with E-state index in [0.29, 0.717) is 18.7 Å². The smallest absolute Gasteiger partial charge is 0.243 e. The number of rotatable bonds is 10. The van der Waals surface area contributed by atoms with Gasteiger partial charge in [0.2, 0.25) is 11.8 Å². The molecule has 36 heavy (non-hydrogen) atoms. The van der Waals surface area contributed by atoms with Crippen molar-refractivity contribution in [2.75, 3.05) is 5.75 Å². The van der Waals surface area contributed by atoms with E-state index in [1.807, 2.05) is 88.4 Å². The minimum atomic E-state index is -0.618. The van der Waals surface area contributed by atoms with Gasteiger partial charge in [0.05, 0.1) is 5.75 Å². The number of carbonyl (C=O) groups is 2. The molecule has 3 rings (SSSR count). The van der Waals surface area contributed by atoms with Crippen LogP contribution in [0.5, 0.6) is 0 Å². The Hall–Kier alpha value is -2.57. The highest BCUT2D eigenvalue weighted by Crippen LogP contribution is 2.20. The molecule has 0 heterocycles. The standard InChI is InChI=1S/C30H35BrN2O2S/c1-22-9-8-12-25(17-22)19-33(28(34)21-36-20-24-13-15-26(31)16-14-24)27(29(35)32-30(2,3)4)18-23-10-6-5-7-11-23/h5-17,27H,18-21H2,1-4H3,(H,32,35)/t27-/m0/s1. The largest absolute Gasteiger partial charge is 0.350 e. The van der Waals surface area contributed by atoms with Crippen molar-refractivity contribution >= 4 is 39.5 Å². The zero-order chi connectivity index (χ0) is 26.1. The fourth-order valence-electron chi connectivity index (χ4n) is 3.93. The third-order valence-electron chi connectivity index (χ3n) is 5.61. The van der Waals surface area contributed by atoms with Crippen molar-refractivity contribution in [3.8, 4) is 0 Å². The molecule has 0 aliphatic heterocycles. The average molecular weight is 568 g/mol. The van der Waals surface area contributed by atoms with Crippen molar-refractivity contribution in [2.24, 2.45) is 0 Å². The Bertz CT molecular complexity index is 1140. The summed E-state index contributed by atoms with van der Waals surface area (Å²) in [4.78, 5) is 29.0. The van der Waals surface area contributed by atoms with Crippen LogP contribution in [0.1, 0.15) is 43.0 Å². The molecular weight excluding hydrogens is 532 g/mol. The van der Waals surface area contributed by atoms with Gasteiger partial charge in [0.1, 0.15) is 6.04 Å². The molecule has 3 aromatic carbocycles. The molecule has 0 bridgehead atoms. The van der Waals surface area contributed by atoms with Crippen molar-refractivity contribution in [1.29, 1.82) is 0 Å². The van der Waals surface area contributed by atoms with E-state index in [4.69, 9.17) is 0 Å². The molecule has 4 nitrogen and oxygen atoms in total. The van der Waals surface area contributed by atoms with Gasteiger partial charge >= 0.3 is 0 Å². The lowest BCUT2D eigenvalue weighted by Crippen LogP contribution is -2.54. The summed E-state index contributed by atoms with van der Waals surface area (Å²) in [5.41, 5.74) is 3.93. The van der Waals surface area contributed by atoms with Crippen LogP contribution in [-0.2, 0) is 28.3 Å². The van der Waals surface area contributed by atoms with E-state index in [0.717, 1.165) is 32.5 Å². The average Bonchev–Trinajstić information content (AvgIpc) is 2.82. The molecule has 0 spiro atoms. The van der Waals surface area contributed by atoms with Gasteiger partial charge in [-0.2, -0.15) is 0 Å². The van der Waals surface area contributed by atoms with E-state index in [9.17, 15) is 9.59 Å². The molecule has 0 saturated heterocycles. The molecular formula is C30H35BrN2O2S. The lowest BCUT2D eigenvalue weighted by atomic mass is 10.0. The van der Waals surface area contributed by atoms with E-state index >= 15 is 0 Å². The zero-order valence-corrected chi connectivity index (χ0v) is 23.9. The number of amides is 2. The first-order valence-electron chi connectivity index (χ1n) is 12.1. The molecule has 0 fully saturated rings. The van der Waals surface area contributed by atoms with Crippen LogP contribution in [-0.4, -0.2) is 34.0 Å². The van der Waals surface area contributed by atoms with Gasteiger partial charge in [-0.25, -0.2) is 0 Å². The lowest BCUT2D eigenvalue weighted by Gasteiger charge is -2.34. The predicted molar refractivity (Wildman–Crippen MR) is 154 cm³/mol. The predicted octanol–water partition coefficient (Wildman–Crippen LogP) is 6.55. The fraction of sp³-hybridized carbons (Fsp3) is 0.333. The molecule has 1 atom stereocenters. The summed E-state index contributed by atoms with van der Waals surface area (Å²) < 4.78 is 1.03. The van der Waals surface area contributed by atoms with Gasteiger partial charge in [-0.1, -0.05) is 88.2 Å². The summed E-state index contributed by atoms with van der Waals surface area (Å²) >= 11 is 5.04. The number of halogens is 1. The second-order valence-corrected chi connectivity index (χ2v) is 12.0. The topological polar surface area (TPSA) is 49.4 Å². The minimum Gasteiger partial charge on any atom is -0.350 e. The van der Waals surface area contributed by atoms with Crippen molar-refractivity contribution in [3.05, 3.63) is 106 Å². The maximum atomic E-state index is 13.7. The number of hydrogen-bond donors (Lipinski definition) is 1. The van der Waals surface area contributed by atoms with E-state index < -0.39 is 11.6 Å². The molecule has 0 aliphatic carbocycles. The van der Waals surface area contributed by atoms with Crippen LogP contribution in [0.25, 0.3) is 0 Å². The summed E-state index contributed by atoms with van der Waals surface area (Å²) in [6.07, 6.45) is 0.456. The Morgan fingerprint density at radius 1 is 0.917 bits per heavy atom. The van der Waals surface area contributed by atoms with Crippen molar-refractivity contribution < 1.29 is 9.59 Å². The third kappa shape index (κ3) is 9.14. The van der Waals surface area contributed by atoms with E-state index in [2.05, 4.69) is 39.4 Å². The molecule has 6 heteroatoms. The number of hydrogen-bond acceptors (Lipinski definition) is 3. The number of nitrogens with zero attached hydrogens (tertiary/aromatic N) is 1. The third-order valence-corrected chi connectivity index (χ3v) is 7.13. The Morgan fingerprint density at radius 2 is 1.58 bits per heavy atom. The molecule has 0 aliphatic rings. The Kier molecular flexibility index (Phi) is 10.2. The number of nitrogens with one attached hydrogen (secondary N) is 1. The van der Waals surface area contributed by atoms with Gasteiger partial charge in [-0.05, 0) is 56.5 Å². The van der Waals surface area contributed by atoms with Crippen LogP contribution in [0.15, 0.2) is 83.3 Å². The summed E-state index contributed by atoms with van der Waals surface area (Å²) in [5.74, 6) is 0.860. The van der Waals surface area contributed by atoms with Gasteiger partial charge in [0.15, 0.2) is 0 Å². The first-order chi connectivity index (χ1) is 17.1. The number of carbonyl (C=O) groups excluding carboxylic acids is 2. The monoisotopic (exact) mass is 566 g/mol. The number of thioether (sulfide) groups is 1. The van der Waals surface area contributed by atoms with Crippen molar-refractivity contribution in [2.45, 2.75) is 58.0 Å². The van der Waals surface area contributed by atoms with Gasteiger partial charge in [-0.15, -0.1) is 11.8 Å². The van der Waals surface area contributed by atoms with E-state index in [-0.39, 0.29) is 11.8 Å². The summed E-state index contributed by atoms with van der Waals surface area (Å²) in [7, 11) is 0. The number of aryl methyl sites for hydroxylation is 1. The highest BCUT2D eigenvalue weighted by atomic mass is 79.9. The first-order valence-corrected chi connectivity index (χ1v) is 14.1. The van der Waals surface area contributed by atoms with E-state index in [1.165, 1.54) is 0 Å². The second-order valence-electron chi connectivity index (χ2n) is 10.1. The maximum absolute atomic E-state index is 13.7. The van der Waals surface area contributed by atoms with Crippen LogP contribution >= 0.6 is 27.7 Å². The lowest BCUT2D eigenvalue weighted by molar-refractivity contribution is -0.140. The zero-order valence-electron chi connectivity index (χ0n) is 21.5. The minimum absolute atomic E-state index is 0.0383. The van der Waals surface area contributed by atoms with Crippen LogP contribution in [0.3, 0.4) is 0 Å². The fourth-order valence-corrected chi connectivity index (χ4v) is 5.07. The second kappa shape index (κ2) is 13.1. The summed E-state index contributed by atoms with van der Waals surface area (Å²) in [6, 6.07) is 25.6. The molecule has 1 N–H and O–H groups in total. The highest BCUT2D eigenvalue weighted by molar-refractivity contribution is 9.10. The van der Waals surface area contributed by atoms with Crippen LogP contribution in [0.4, 0.5) is 0 Å². The highest BCUT2D eigenvalue weighted by Gasteiger charge is 2.32. The summed E-state index contributed by atoms with van der Waals surface area (Å²) in [5, 5.41) is 3.12. The van der Waals surface area contributed by atoms with Crippen LogP contribution in [0.2, 0.25) is 0 Å². The van der Waals surface area contributed by atoms with Gasteiger partial charge in [-0.3, -0.25) is 9.59 Å².